The number of carbonyl (C=O) groups excluding carboxylic acids is 2. The van der Waals surface area contributed by atoms with Crippen molar-refractivity contribution in [3.63, 3.8) is 0 Å². The number of piperidine rings is 1. The lowest BCUT2D eigenvalue weighted by Crippen LogP contribution is -2.53. The average molecular weight is 472 g/mol. The summed E-state index contributed by atoms with van der Waals surface area (Å²) in [7, 11) is 0. The van der Waals surface area contributed by atoms with Crippen LogP contribution in [-0.4, -0.2) is 81.6 Å². The van der Waals surface area contributed by atoms with Crippen molar-refractivity contribution in [2.75, 3.05) is 39.3 Å². The molecule has 0 saturated carbocycles. The highest BCUT2D eigenvalue weighted by Gasteiger charge is 2.27. The van der Waals surface area contributed by atoms with Crippen LogP contribution in [0, 0.1) is 0 Å². The molecule has 0 aliphatic carbocycles. The number of rotatable bonds is 5. The lowest BCUT2D eigenvalue weighted by Gasteiger charge is -2.38. The van der Waals surface area contributed by atoms with Gasteiger partial charge in [0.15, 0.2) is 0 Å². The molecule has 0 bridgehead atoms. The van der Waals surface area contributed by atoms with Gasteiger partial charge >= 0.3 is 0 Å². The topological polar surface area (TPSA) is 61.7 Å². The summed E-state index contributed by atoms with van der Waals surface area (Å²) in [6.45, 7) is 6.16. The van der Waals surface area contributed by atoms with Gasteiger partial charge in [0, 0.05) is 49.9 Å². The van der Waals surface area contributed by atoms with Crippen molar-refractivity contribution in [2.45, 2.75) is 32.2 Å². The summed E-state index contributed by atoms with van der Waals surface area (Å²) in [6.07, 6.45) is 5.18. The summed E-state index contributed by atoms with van der Waals surface area (Å²) in [4.78, 5) is 32.2. The van der Waals surface area contributed by atoms with Gasteiger partial charge in [-0.2, -0.15) is 5.10 Å². The lowest BCUT2D eigenvalue weighted by molar-refractivity contribution is -0.136. The highest BCUT2D eigenvalue weighted by atomic mass is 16.2. The highest BCUT2D eigenvalue weighted by Crippen LogP contribution is 2.23. The van der Waals surface area contributed by atoms with Crippen LogP contribution in [0.4, 0.5) is 0 Å². The molecule has 7 nitrogen and oxygen atoms in total. The maximum atomic E-state index is 13.3. The van der Waals surface area contributed by atoms with Gasteiger partial charge in [-0.1, -0.05) is 36.4 Å². The molecule has 1 atom stereocenters. The number of hydrogen-bond donors (Lipinski definition) is 0. The SMILES string of the molecule is CC1CCCCN1C(=O)CN1CCN(C(=O)c2cccc(-n3nccc3-c3ccccc3)c2)CC1. The number of aromatic nitrogens is 2. The molecule has 2 fully saturated rings. The average Bonchev–Trinajstić information content (AvgIpc) is 3.40. The van der Waals surface area contributed by atoms with Crippen molar-refractivity contribution < 1.29 is 9.59 Å². The van der Waals surface area contributed by atoms with E-state index >= 15 is 0 Å². The molecule has 0 spiro atoms. The van der Waals surface area contributed by atoms with Gasteiger partial charge in [0.1, 0.15) is 0 Å². The van der Waals surface area contributed by atoms with E-state index in [9.17, 15) is 9.59 Å². The molecule has 5 rings (SSSR count). The predicted molar refractivity (Wildman–Crippen MR) is 136 cm³/mol. The Hall–Kier alpha value is -3.45. The molecule has 182 valence electrons. The predicted octanol–water partition coefficient (Wildman–Crippen LogP) is 3.70. The Morgan fingerprint density at radius 2 is 1.71 bits per heavy atom. The molecule has 1 unspecified atom stereocenters. The Balaban J connectivity index is 1.22. The van der Waals surface area contributed by atoms with Crippen LogP contribution in [0.5, 0.6) is 0 Å². The van der Waals surface area contributed by atoms with E-state index in [1.807, 2.05) is 63.0 Å². The molecule has 7 heteroatoms. The number of piperazine rings is 1. The second-order valence-electron chi connectivity index (χ2n) is 9.54. The Kier molecular flexibility index (Phi) is 6.95. The van der Waals surface area contributed by atoms with Gasteiger partial charge in [-0.3, -0.25) is 14.5 Å². The van der Waals surface area contributed by atoms with Crippen LogP contribution in [0.2, 0.25) is 0 Å². The van der Waals surface area contributed by atoms with Crippen molar-refractivity contribution in [2.24, 2.45) is 0 Å². The number of carbonyl (C=O) groups is 2. The van der Waals surface area contributed by atoms with Crippen LogP contribution < -0.4 is 0 Å². The van der Waals surface area contributed by atoms with Crippen molar-refractivity contribution in [1.29, 1.82) is 0 Å². The Labute approximate surface area is 206 Å². The number of nitrogens with zero attached hydrogens (tertiary/aromatic N) is 5. The van der Waals surface area contributed by atoms with E-state index in [-0.39, 0.29) is 11.8 Å². The van der Waals surface area contributed by atoms with Gasteiger partial charge in [0.25, 0.3) is 5.91 Å². The molecule has 2 aliphatic rings. The molecule has 3 heterocycles. The van der Waals surface area contributed by atoms with E-state index in [0.29, 0.717) is 31.2 Å². The van der Waals surface area contributed by atoms with Gasteiger partial charge in [0.05, 0.1) is 24.1 Å². The minimum Gasteiger partial charge on any atom is -0.339 e. The van der Waals surface area contributed by atoms with E-state index in [2.05, 4.69) is 29.1 Å². The minimum atomic E-state index is 0.0240. The number of benzene rings is 2. The molecule has 0 radical (unpaired) electrons. The maximum Gasteiger partial charge on any atom is 0.254 e. The van der Waals surface area contributed by atoms with Gasteiger partial charge in [-0.05, 0) is 50.5 Å². The largest absolute Gasteiger partial charge is 0.339 e. The zero-order chi connectivity index (χ0) is 24.2. The zero-order valence-electron chi connectivity index (χ0n) is 20.3. The summed E-state index contributed by atoms with van der Waals surface area (Å²) in [6, 6.07) is 20.1. The molecule has 2 amide bonds. The normalized spacial score (nSPS) is 19.1. The van der Waals surface area contributed by atoms with E-state index in [1.54, 1.807) is 6.20 Å². The molecular weight excluding hydrogens is 438 g/mol. The first-order valence-electron chi connectivity index (χ1n) is 12.6. The third-order valence-corrected chi connectivity index (χ3v) is 7.19. The highest BCUT2D eigenvalue weighted by molar-refractivity contribution is 5.95. The van der Waals surface area contributed by atoms with E-state index < -0.39 is 0 Å². The first kappa shape index (κ1) is 23.3. The molecule has 35 heavy (non-hydrogen) atoms. The monoisotopic (exact) mass is 471 g/mol. The smallest absolute Gasteiger partial charge is 0.254 e. The van der Waals surface area contributed by atoms with E-state index in [1.165, 1.54) is 6.42 Å². The van der Waals surface area contributed by atoms with Gasteiger partial charge < -0.3 is 9.80 Å². The van der Waals surface area contributed by atoms with Crippen LogP contribution in [0.3, 0.4) is 0 Å². The zero-order valence-corrected chi connectivity index (χ0v) is 20.3. The third kappa shape index (κ3) is 5.15. The van der Waals surface area contributed by atoms with Crippen molar-refractivity contribution in [1.82, 2.24) is 24.5 Å². The van der Waals surface area contributed by atoms with Crippen molar-refractivity contribution in [3.05, 3.63) is 72.4 Å². The fourth-order valence-electron chi connectivity index (χ4n) is 5.15. The molecule has 2 saturated heterocycles. The minimum absolute atomic E-state index is 0.0240. The third-order valence-electron chi connectivity index (χ3n) is 7.19. The summed E-state index contributed by atoms with van der Waals surface area (Å²) >= 11 is 0. The summed E-state index contributed by atoms with van der Waals surface area (Å²) < 4.78 is 1.87. The van der Waals surface area contributed by atoms with Gasteiger partial charge in [-0.15, -0.1) is 0 Å². The Morgan fingerprint density at radius 3 is 2.49 bits per heavy atom. The quantitative estimate of drug-likeness (QED) is 0.569. The van der Waals surface area contributed by atoms with Crippen LogP contribution in [0.25, 0.3) is 16.9 Å². The standard InChI is InChI=1S/C28H33N5O2/c1-22-8-5-6-15-32(22)27(34)21-30-16-18-31(19-17-30)28(35)24-11-7-12-25(20-24)33-26(13-14-29-33)23-9-3-2-4-10-23/h2-4,7,9-14,20,22H,5-6,8,15-19,21H2,1H3. The molecular formula is C28H33N5O2. The van der Waals surface area contributed by atoms with Crippen LogP contribution in [0.15, 0.2) is 66.9 Å². The summed E-state index contributed by atoms with van der Waals surface area (Å²) in [5.74, 6) is 0.244. The molecule has 1 aromatic heterocycles. The van der Waals surface area contributed by atoms with Gasteiger partial charge in [-0.25, -0.2) is 4.68 Å². The number of likely N-dealkylation sites (tertiary alicyclic amines) is 1. The second-order valence-corrected chi connectivity index (χ2v) is 9.54. The summed E-state index contributed by atoms with van der Waals surface area (Å²) in [5, 5.41) is 4.51. The fraction of sp³-hybridized carbons (Fsp3) is 0.393. The van der Waals surface area contributed by atoms with E-state index in [0.717, 1.165) is 49.4 Å². The Morgan fingerprint density at radius 1 is 0.914 bits per heavy atom. The lowest BCUT2D eigenvalue weighted by atomic mass is 10.0. The number of hydrogen-bond acceptors (Lipinski definition) is 4. The molecule has 0 N–H and O–H groups in total. The molecule has 3 aromatic rings. The van der Waals surface area contributed by atoms with Crippen LogP contribution in [-0.2, 0) is 4.79 Å². The molecule has 2 aromatic carbocycles. The maximum absolute atomic E-state index is 13.3. The fourth-order valence-corrected chi connectivity index (χ4v) is 5.15. The van der Waals surface area contributed by atoms with Crippen molar-refractivity contribution in [3.8, 4) is 16.9 Å². The van der Waals surface area contributed by atoms with E-state index in [4.69, 9.17) is 0 Å². The second kappa shape index (κ2) is 10.4. The number of amides is 2. The van der Waals surface area contributed by atoms with Crippen LogP contribution >= 0.6 is 0 Å². The van der Waals surface area contributed by atoms with Crippen LogP contribution in [0.1, 0.15) is 36.5 Å². The molecule has 2 aliphatic heterocycles. The summed E-state index contributed by atoms with van der Waals surface area (Å²) in [5.41, 5.74) is 3.58. The van der Waals surface area contributed by atoms with Gasteiger partial charge in [0.2, 0.25) is 5.91 Å². The first-order chi connectivity index (χ1) is 17.1. The van der Waals surface area contributed by atoms with Crippen molar-refractivity contribution >= 4 is 11.8 Å². The first-order valence-corrected chi connectivity index (χ1v) is 12.6. The Bertz CT molecular complexity index is 1170.